The normalized spacial score (nSPS) is 32.4. The Morgan fingerprint density at radius 1 is 1.16 bits per heavy atom. The lowest BCUT2D eigenvalue weighted by Crippen LogP contribution is -2.50. The number of epoxide rings is 1. The maximum absolute atomic E-state index is 12.7. The van der Waals surface area contributed by atoms with Crippen LogP contribution in [0.4, 0.5) is 10.5 Å². The minimum atomic E-state index is -0.770. The molecule has 0 bridgehead atoms. The number of anilines is 1. The minimum absolute atomic E-state index is 0.00677. The van der Waals surface area contributed by atoms with Crippen LogP contribution in [0, 0.1) is 5.92 Å². The standard InChI is InChI=1S/C35H48N2O8/c1-22(13-16-31-33(40)35(21-42-35)20-28(45-31)19-24(3)38)12-15-30-23(2)18-29(26(5)44-30)36-32(39)17-14-25(4)43-34(41)37(6)27-10-8-7-9-11-27/h7-14,16-17,23,25-26,28-31,33,40H,15,18-21H2,1-6H3,(H,36,39)/b16-13+,17-14-,22-12+/t23-,25-,26+,28+,29+,30-,31+,33+,35+/m0/s1. The number of ketones is 1. The number of para-hydroxylation sites is 1. The monoisotopic (exact) mass is 624 g/mol. The first kappa shape index (κ1) is 34.6. The van der Waals surface area contributed by atoms with E-state index in [1.807, 2.05) is 56.3 Å². The molecule has 0 unspecified atom stereocenters. The van der Waals surface area contributed by atoms with E-state index < -0.39 is 30.0 Å². The maximum Gasteiger partial charge on any atom is 0.414 e. The molecule has 10 nitrogen and oxygen atoms in total. The molecule has 9 atom stereocenters. The van der Waals surface area contributed by atoms with Gasteiger partial charge in [0.1, 0.15) is 29.7 Å². The van der Waals surface area contributed by atoms with Gasteiger partial charge in [-0.1, -0.05) is 48.9 Å². The van der Waals surface area contributed by atoms with Gasteiger partial charge in [-0.2, -0.15) is 0 Å². The Labute approximate surface area is 266 Å². The van der Waals surface area contributed by atoms with Crippen molar-refractivity contribution in [1.82, 2.24) is 5.32 Å². The molecule has 1 aromatic carbocycles. The number of amides is 2. The first-order chi connectivity index (χ1) is 21.4. The van der Waals surface area contributed by atoms with Crippen molar-refractivity contribution in [2.24, 2.45) is 5.92 Å². The Hall–Kier alpha value is -3.31. The van der Waals surface area contributed by atoms with E-state index >= 15 is 0 Å². The summed E-state index contributed by atoms with van der Waals surface area (Å²) in [4.78, 5) is 38.1. The van der Waals surface area contributed by atoms with E-state index in [1.165, 1.54) is 11.0 Å². The maximum atomic E-state index is 12.7. The molecule has 0 saturated carbocycles. The average Bonchev–Trinajstić information content (AvgIpc) is 3.77. The van der Waals surface area contributed by atoms with Gasteiger partial charge in [-0.05, 0) is 64.7 Å². The molecular weight excluding hydrogens is 576 g/mol. The summed E-state index contributed by atoms with van der Waals surface area (Å²) >= 11 is 0. The molecule has 2 N–H and O–H groups in total. The number of allylic oxidation sites excluding steroid dienone is 2. The molecule has 3 aliphatic heterocycles. The second kappa shape index (κ2) is 15.3. The van der Waals surface area contributed by atoms with Crippen LogP contribution in [0.1, 0.15) is 60.3 Å². The van der Waals surface area contributed by atoms with Crippen molar-refractivity contribution in [3.63, 3.8) is 0 Å². The fourth-order valence-electron chi connectivity index (χ4n) is 5.94. The van der Waals surface area contributed by atoms with E-state index in [0.29, 0.717) is 31.6 Å². The van der Waals surface area contributed by atoms with Gasteiger partial charge in [0.25, 0.3) is 0 Å². The van der Waals surface area contributed by atoms with Gasteiger partial charge >= 0.3 is 6.09 Å². The third-order valence-corrected chi connectivity index (χ3v) is 8.79. The van der Waals surface area contributed by atoms with Gasteiger partial charge in [-0.25, -0.2) is 4.79 Å². The minimum Gasteiger partial charge on any atom is -0.442 e. The number of rotatable bonds is 11. The second-order valence-corrected chi connectivity index (χ2v) is 12.7. The predicted molar refractivity (Wildman–Crippen MR) is 171 cm³/mol. The van der Waals surface area contributed by atoms with Crippen molar-refractivity contribution in [3.05, 3.63) is 66.3 Å². The third-order valence-electron chi connectivity index (χ3n) is 8.79. The summed E-state index contributed by atoms with van der Waals surface area (Å²) in [5.41, 5.74) is 1.13. The number of Topliss-reactive ketones (excluding diaryl/α,β-unsaturated/α-hetero) is 1. The number of carbonyl (C=O) groups excluding carboxylic acids is 3. The van der Waals surface area contributed by atoms with Crippen LogP contribution in [0.2, 0.25) is 0 Å². The molecule has 0 aromatic heterocycles. The summed E-state index contributed by atoms with van der Waals surface area (Å²) in [5, 5.41) is 13.8. The lowest BCUT2D eigenvalue weighted by Gasteiger charge is -2.39. The highest BCUT2D eigenvalue weighted by Crippen LogP contribution is 2.43. The smallest absolute Gasteiger partial charge is 0.414 e. The molecule has 3 fully saturated rings. The van der Waals surface area contributed by atoms with E-state index in [-0.39, 0.29) is 42.0 Å². The fraction of sp³-hybridized carbons (Fsp3) is 0.571. The zero-order chi connectivity index (χ0) is 32.7. The number of hydrogen-bond donors (Lipinski definition) is 2. The number of carbonyl (C=O) groups is 3. The highest BCUT2D eigenvalue weighted by molar-refractivity contribution is 5.88. The third kappa shape index (κ3) is 9.59. The van der Waals surface area contributed by atoms with E-state index in [1.54, 1.807) is 27.0 Å². The van der Waals surface area contributed by atoms with Crippen molar-refractivity contribution in [2.45, 2.75) is 109 Å². The predicted octanol–water partition coefficient (Wildman–Crippen LogP) is 4.66. The summed E-state index contributed by atoms with van der Waals surface area (Å²) in [6.07, 6.45) is 8.31. The van der Waals surface area contributed by atoms with Crippen LogP contribution in [-0.2, 0) is 28.5 Å². The Morgan fingerprint density at radius 2 is 1.87 bits per heavy atom. The lowest BCUT2D eigenvalue weighted by molar-refractivity contribution is -0.143. The van der Waals surface area contributed by atoms with Crippen molar-refractivity contribution in [2.75, 3.05) is 18.6 Å². The number of aliphatic hydroxyl groups is 1. The summed E-state index contributed by atoms with van der Waals surface area (Å²) in [6.45, 7) is 9.81. The van der Waals surface area contributed by atoms with Crippen LogP contribution in [0.15, 0.2) is 66.3 Å². The molecule has 3 aliphatic rings. The van der Waals surface area contributed by atoms with Crippen LogP contribution >= 0.6 is 0 Å². The summed E-state index contributed by atoms with van der Waals surface area (Å²) in [7, 11) is 1.64. The van der Waals surface area contributed by atoms with E-state index in [9.17, 15) is 19.5 Å². The van der Waals surface area contributed by atoms with Gasteiger partial charge in [-0.15, -0.1) is 0 Å². The summed E-state index contributed by atoms with van der Waals surface area (Å²) in [6, 6.07) is 9.04. The Morgan fingerprint density at radius 3 is 2.53 bits per heavy atom. The van der Waals surface area contributed by atoms with Crippen molar-refractivity contribution < 1.29 is 38.4 Å². The Kier molecular flexibility index (Phi) is 11.8. The topological polar surface area (TPSA) is 127 Å². The zero-order valence-electron chi connectivity index (χ0n) is 27.2. The molecular formula is C35H48N2O8. The number of hydrogen-bond acceptors (Lipinski definition) is 8. The quantitative estimate of drug-likeness (QED) is 0.207. The number of ether oxygens (including phenoxy) is 4. The molecule has 45 heavy (non-hydrogen) atoms. The van der Waals surface area contributed by atoms with E-state index in [0.717, 1.165) is 12.0 Å². The van der Waals surface area contributed by atoms with E-state index in [4.69, 9.17) is 18.9 Å². The largest absolute Gasteiger partial charge is 0.442 e. The highest BCUT2D eigenvalue weighted by Gasteiger charge is 2.58. The van der Waals surface area contributed by atoms with Gasteiger partial charge in [0.2, 0.25) is 5.91 Å². The van der Waals surface area contributed by atoms with Crippen LogP contribution in [0.5, 0.6) is 0 Å². The zero-order valence-corrected chi connectivity index (χ0v) is 27.2. The van der Waals surface area contributed by atoms with Gasteiger partial charge in [0.15, 0.2) is 0 Å². The van der Waals surface area contributed by atoms with Crippen molar-refractivity contribution >= 4 is 23.5 Å². The van der Waals surface area contributed by atoms with Crippen molar-refractivity contribution in [1.29, 1.82) is 0 Å². The lowest BCUT2D eigenvalue weighted by atomic mass is 9.87. The number of aliphatic hydroxyl groups excluding tert-OH is 1. The van der Waals surface area contributed by atoms with Gasteiger partial charge in [0.05, 0.1) is 31.0 Å². The number of nitrogens with zero attached hydrogens (tertiary/aromatic N) is 1. The molecule has 246 valence electrons. The molecule has 2 amide bonds. The molecule has 3 saturated heterocycles. The fourth-order valence-corrected chi connectivity index (χ4v) is 5.94. The summed E-state index contributed by atoms with van der Waals surface area (Å²) < 4.78 is 23.4. The Balaban J connectivity index is 1.22. The van der Waals surface area contributed by atoms with Crippen LogP contribution in [0.3, 0.4) is 0 Å². The van der Waals surface area contributed by atoms with Gasteiger partial charge in [0, 0.05) is 31.7 Å². The Bertz CT molecular complexity index is 1270. The molecule has 10 heteroatoms. The SMILES string of the molecule is CC(=O)C[C@@H]1C[C@@]2(CO2)[C@H](O)[C@@H](/C=C/C(C)=C/C[C@@H]2O[C@H](C)[C@H](NC(=O)/C=C\[C@H](C)OC(=O)N(C)c3ccccc3)C[C@@H]2C)O1. The molecule has 4 rings (SSSR count). The van der Waals surface area contributed by atoms with E-state index in [2.05, 4.69) is 18.3 Å². The van der Waals surface area contributed by atoms with Gasteiger partial charge in [-0.3, -0.25) is 14.5 Å². The molecule has 0 radical (unpaired) electrons. The molecule has 3 heterocycles. The number of nitrogens with one attached hydrogen (secondary N) is 1. The highest BCUT2D eigenvalue weighted by atomic mass is 16.6. The first-order valence-corrected chi connectivity index (χ1v) is 15.8. The molecule has 0 aliphatic carbocycles. The summed E-state index contributed by atoms with van der Waals surface area (Å²) in [5.74, 6) is -0.00250. The average molecular weight is 625 g/mol. The van der Waals surface area contributed by atoms with Crippen molar-refractivity contribution in [3.8, 4) is 0 Å². The van der Waals surface area contributed by atoms with Crippen LogP contribution in [0.25, 0.3) is 0 Å². The second-order valence-electron chi connectivity index (χ2n) is 12.7. The number of benzene rings is 1. The van der Waals surface area contributed by atoms with Gasteiger partial charge < -0.3 is 29.4 Å². The van der Waals surface area contributed by atoms with Crippen LogP contribution < -0.4 is 10.2 Å². The van der Waals surface area contributed by atoms with Crippen LogP contribution in [-0.4, -0.2) is 84.8 Å². The molecule has 1 spiro atoms. The first-order valence-electron chi connectivity index (χ1n) is 15.8. The molecule has 1 aromatic rings.